The van der Waals surface area contributed by atoms with Gasteiger partial charge in [-0.3, -0.25) is 4.79 Å². The highest BCUT2D eigenvalue weighted by molar-refractivity contribution is 7.18. The van der Waals surface area contributed by atoms with Crippen LogP contribution < -0.4 is 10.6 Å². The lowest BCUT2D eigenvalue weighted by molar-refractivity contribution is -0.120. The Morgan fingerprint density at radius 1 is 1.32 bits per heavy atom. The smallest absolute Gasteiger partial charge is 0.239 e. The third-order valence-corrected chi connectivity index (χ3v) is 5.47. The highest BCUT2D eigenvalue weighted by Crippen LogP contribution is 2.44. The number of hydrogen-bond donors (Lipinski definition) is 2. The fraction of sp³-hybridized carbons (Fsp3) is 0.529. The molecule has 1 aromatic heterocycles. The fourth-order valence-electron chi connectivity index (χ4n) is 3.10. The molecule has 22 heavy (non-hydrogen) atoms. The molecule has 2 aliphatic rings. The standard InChI is InChI=1S/C17H21N3OS/c1-10-19-14-7-6-13(8-15(14)22-10)18-9-16(21)20-17(11-2-3-11)12-4-5-12/h6-8,11-12,17-18H,2-5,9H2,1H3,(H,20,21). The zero-order chi connectivity index (χ0) is 15.1. The first-order chi connectivity index (χ1) is 10.7. The van der Waals surface area contributed by atoms with E-state index < -0.39 is 0 Å². The van der Waals surface area contributed by atoms with Crippen molar-refractivity contribution < 1.29 is 4.79 Å². The zero-order valence-electron chi connectivity index (χ0n) is 12.8. The fourth-order valence-corrected chi connectivity index (χ4v) is 3.97. The highest BCUT2D eigenvalue weighted by atomic mass is 32.1. The Balaban J connectivity index is 1.35. The molecule has 4 rings (SSSR count). The predicted octanol–water partition coefficient (Wildman–Crippen LogP) is 3.32. The number of nitrogens with one attached hydrogen (secondary N) is 2. The van der Waals surface area contributed by atoms with Crippen molar-refractivity contribution in [3.05, 3.63) is 23.2 Å². The van der Waals surface area contributed by atoms with Crippen LogP contribution in [-0.4, -0.2) is 23.5 Å². The molecule has 0 radical (unpaired) electrons. The van der Waals surface area contributed by atoms with Gasteiger partial charge in [-0.05, 0) is 62.6 Å². The Hall–Kier alpha value is -1.62. The van der Waals surface area contributed by atoms with E-state index >= 15 is 0 Å². The van der Waals surface area contributed by atoms with Gasteiger partial charge in [0.15, 0.2) is 0 Å². The van der Waals surface area contributed by atoms with E-state index in [4.69, 9.17) is 0 Å². The van der Waals surface area contributed by atoms with Gasteiger partial charge in [-0.15, -0.1) is 11.3 Å². The largest absolute Gasteiger partial charge is 0.376 e. The van der Waals surface area contributed by atoms with Crippen molar-refractivity contribution in [2.75, 3.05) is 11.9 Å². The topological polar surface area (TPSA) is 54.0 Å². The number of anilines is 1. The van der Waals surface area contributed by atoms with Gasteiger partial charge < -0.3 is 10.6 Å². The molecule has 2 N–H and O–H groups in total. The van der Waals surface area contributed by atoms with Gasteiger partial charge in [-0.25, -0.2) is 4.98 Å². The SMILES string of the molecule is Cc1nc2ccc(NCC(=O)NC(C3CC3)C3CC3)cc2s1. The number of amides is 1. The summed E-state index contributed by atoms with van der Waals surface area (Å²) in [5, 5.41) is 7.55. The van der Waals surface area contributed by atoms with Crippen LogP contribution in [0.25, 0.3) is 10.2 Å². The van der Waals surface area contributed by atoms with Crippen molar-refractivity contribution in [2.45, 2.75) is 38.6 Å². The lowest BCUT2D eigenvalue weighted by Gasteiger charge is -2.18. The van der Waals surface area contributed by atoms with Crippen molar-refractivity contribution in [1.82, 2.24) is 10.3 Å². The van der Waals surface area contributed by atoms with Crippen LogP contribution in [0.1, 0.15) is 30.7 Å². The van der Waals surface area contributed by atoms with E-state index in [0.717, 1.165) is 32.7 Å². The molecule has 0 atom stereocenters. The summed E-state index contributed by atoms with van der Waals surface area (Å²) in [6.07, 6.45) is 5.15. The molecule has 2 aliphatic carbocycles. The number of carbonyl (C=O) groups excluding carboxylic acids is 1. The molecule has 5 heteroatoms. The Labute approximate surface area is 134 Å². The second-order valence-electron chi connectivity index (χ2n) is 6.54. The van der Waals surface area contributed by atoms with Gasteiger partial charge in [0.1, 0.15) is 0 Å². The van der Waals surface area contributed by atoms with Gasteiger partial charge >= 0.3 is 0 Å². The van der Waals surface area contributed by atoms with Crippen molar-refractivity contribution in [1.29, 1.82) is 0 Å². The summed E-state index contributed by atoms with van der Waals surface area (Å²) < 4.78 is 1.16. The number of fused-ring (bicyclic) bond motifs is 1. The van der Waals surface area contributed by atoms with Crippen LogP contribution >= 0.6 is 11.3 Å². The third-order valence-electron chi connectivity index (χ3n) is 4.54. The van der Waals surface area contributed by atoms with Crippen molar-refractivity contribution in [3.8, 4) is 0 Å². The Kier molecular flexibility index (Phi) is 3.53. The summed E-state index contributed by atoms with van der Waals surface area (Å²) in [7, 11) is 0. The van der Waals surface area contributed by atoms with Crippen LogP contribution in [0.3, 0.4) is 0 Å². The maximum absolute atomic E-state index is 12.2. The Morgan fingerprint density at radius 2 is 2.05 bits per heavy atom. The molecular weight excluding hydrogens is 294 g/mol. The summed E-state index contributed by atoms with van der Waals surface area (Å²) in [5.41, 5.74) is 2.01. The molecule has 0 saturated heterocycles. The normalized spacial score (nSPS) is 17.9. The van der Waals surface area contributed by atoms with E-state index in [1.54, 1.807) is 11.3 Å². The first-order valence-electron chi connectivity index (χ1n) is 8.09. The van der Waals surface area contributed by atoms with E-state index in [1.807, 2.05) is 19.1 Å². The molecule has 116 valence electrons. The van der Waals surface area contributed by atoms with Gasteiger partial charge in [0.05, 0.1) is 21.8 Å². The van der Waals surface area contributed by atoms with Gasteiger partial charge in [0.25, 0.3) is 0 Å². The maximum atomic E-state index is 12.2. The van der Waals surface area contributed by atoms with Crippen LogP contribution in [0, 0.1) is 18.8 Å². The zero-order valence-corrected chi connectivity index (χ0v) is 13.6. The van der Waals surface area contributed by atoms with Gasteiger partial charge in [0, 0.05) is 11.7 Å². The summed E-state index contributed by atoms with van der Waals surface area (Å²) in [6.45, 7) is 2.36. The van der Waals surface area contributed by atoms with Crippen LogP contribution in [0.2, 0.25) is 0 Å². The summed E-state index contributed by atoms with van der Waals surface area (Å²) >= 11 is 1.68. The lowest BCUT2D eigenvalue weighted by Crippen LogP contribution is -2.41. The van der Waals surface area contributed by atoms with E-state index in [-0.39, 0.29) is 5.91 Å². The number of aryl methyl sites for hydroxylation is 1. The van der Waals surface area contributed by atoms with Crippen LogP contribution in [-0.2, 0) is 4.79 Å². The first kappa shape index (κ1) is 14.0. The molecule has 2 fully saturated rings. The molecule has 2 aromatic rings. The second kappa shape index (κ2) is 5.54. The van der Waals surface area contributed by atoms with Crippen molar-refractivity contribution in [2.24, 2.45) is 11.8 Å². The lowest BCUT2D eigenvalue weighted by atomic mass is 10.1. The van der Waals surface area contributed by atoms with Crippen LogP contribution in [0.15, 0.2) is 18.2 Å². The minimum absolute atomic E-state index is 0.115. The van der Waals surface area contributed by atoms with Crippen LogP contribution in [0.5, 0.6) is 0 Å². The molecule has 0 spiro atoms. The molecular formula is C17H21N3OS. The van der Waals surface area contributed by atoms with Crippen LogP contribution in [0.4, 0.5) is 5.69 Å². The highest BCUT2D eigenvalue weighted by Gasteiger charge is 2.42. The number of nitrogens with zero attached hydrogens (tertiary/aromatic N) is 1. The van der Waals surface area contributed by atoms with Gasteiger partial charge in [-0.1, -0.05) is 0 Å². The number of thiazole rings is 1. The molecule has 1 aromatic carbocycles. The molecule has 1 amide bonds. The number of carbonyl (C=O) groups is 1. The summed E-state index contributed by atoms with van der Waals surface area (Å²) in [5.74, 6) is 1.60. The molecule has 2 saturated carbocycles. The first-order valence-corrected chi connectivity index (χ1v) is 8.91. The van der Waals surface area contributed by atoms with E-state index in [0.29, 0.717) is 12.6 Å². The van der Waals surface area contributed by atoms with Crippen molar-refractivity contribution in [3.63, 3.8) is 0 Å². The molecule has 0 unspecified atom stereocenters. The Morgan fingerprint density at radius 3 is 2.73 bits per heavy atom. The minimum atomic E-state index is 0.115. The van der Waals surface area contributed by atoms with E-state index in [9.17, 15) is 4.79 Å². The quantitative estimate of drug-likeness (QED) is 0.860. The molecule has 0 bridgehead atoms. The molecule has 4 nitrogen and oxygen atoms in total. The minimum Gasteiger partial charge on any atom is -0.376 e. The average molecular weight is 315 g/mol. The van der Waals surface area contributed by atoms with Gasteiger partial charge in [-0.2, -0.15) is 0 Å². The number of aromatic nitrogens is 1. The number of benzene rings is 1. The molecule has 1 heterocycles. The summed E-state index contributed by atoms with van der Waals surface area (Å²) in [6, 6.07) is 6.51. The third kappa shape index (κ3) is 3.09. The maximum Gasteiger partial charge on any atom is 0.239 e. The molecule has 0 aliphatic heterocycles. The number of rotatable bonds is 6. The summed E-state index contributed by atoms with van der Waals surface area (Å²) in [4.78, 5) is 16.6. The van der Waals surface area contributed by atoms with Crippen molar-refractivity contribution >= 4 is 33.1 Å². The Bertz CT molecular complexity index is 691. The van der Waals surface area contributed by atoms with E-state index in [2.05, 4.69) is 21.7 Å². The van der Waals surface area contributed by atoms with E-state index in [1.165, 1.54) is 25.7 Å². The number of hydrogen-bond acceptors (Lipinski definition) is 4. The average Bonchev–Trinajstić information content (AvgIpc) is 3.39. The second-order valence-corrected chi connectivity index (χ2v) is 7.77. The predicted molar refractivity (Wildman–Crippen MR) is 90.2 cm³/mol. The monoisotopic (exact) mass is 315 g/mol. The van der Waals surface area contributed by atoms with Gasteiger partial charge in [0.2, 0.25) is 5.91 Å².